The van der Waals surface area contributed by atoms with E-state index in [1.165, 1.54) is 28.4 Å². The first-order valence-corrected chi connectivity index (χ1v) is 11.9. The lowest BCUT2D eigenvalue weighted by Crippen LogP contribution is -1.86. The molecule has 0 unspecified atom stereocenters. The van der Waals surface area contributed by atoms with E-state index in [1.807, 2.05) is 0 Å². The number of nitrogens with zero attached hydrogens (tertiary/aromatic N) is 2. The predicted octanol–water partition coefficient (Wildman–Crippen LogP) is 7.06. The summed E-state index contributed by atoms with van der Waals surface area (Å²) in [4.78, 5) is 15.8. The number of hydrogen-bond donors (Lipinski definition) is 2. The molecule has 0 fully saturated rings. The van der Waals surface area contributed by atoms with Gasteiger partial charge in [0.25, 0.3) is 0 Å². The molecule has 0 amide bonds. The van der Waals surface area contributed by atoms with Gasteiger partial charge >= 0.3 is 0 Å². The predicted molar refractivity (Wildman–Crippen MR) is 143 cm³/mol. The summed E-state index contributed by atoms with van der Waals surface area (Å²) in [6.45, 7) is 0. The maximum absolute atomic E-state index is 6.65. The molecule has 2 N–H and O–H groups in total. The van der Waals surface area contributed by atoms with Gasteiger partial charge in [0, 0.05) is 0 Å². The largest absolute Gasteiger partial charge is 0.493 e. The van der Waals surface area contributed by atoms with Gasteiger partial charge in [0.05, 0.1) is 61.9 Å². The van der Waals surface area contributed by atoms with Crippen molar-refractivity contribution in [3.05, 3.63) is 57.1 Å². The van der Waals surface area contributed by atoms with Crippen molar-refractivity contribution in [2.75, 3.05) is 28.4 Å². The maximum Gasteiger partial charge on any atom is 0.165 e. The van der Waals surface area contributed by atoms with E-state index in [9.17, 15) is 0 Å². The lowest BCUT2D eigenvalue weighted by Gasteiger charge is -2.01. The monoisotopic (exact) mass is 566 g/mol. The number of rotatable bonds is 4. The van der Waals surface area contributed by atoms with Gasteiger partial charge in [0.15, 0.2) is 23.0 Å². The minimum atomic E-state index is 0.295. The van der Waals surface area contributed by atoms with Crippen LogP contribution in [-0.2, 0) is 9.47 Å². The van der Waals surface area contributed by atoms with Gasteiger partial charge in [-0.3, -0.25) is 0 Å². The highest BCUT2D eigenvalue weighted by Crippen LogP contribution is 2.41. The Balaban J connectivity index is 2.00. The van der Waals surface area contributed by atoms with Crippen LogP contribution in [0.4, 0.5) is 0 Å². The van der Waals surface area contributed by atoms with Gasteiger partial charge in [-0.15, -0.1) is 0 Å². The Kier molecular flexibility index (Phi) is 6.46. The third-order valence-electron chi connectivity index (χ3n) is 5.64. The standard InChI is InChI=1S/C24H18Cl4N4O4/c1-33-21-13-5-10-18(26)23(35-3)15(30-10)7-12-20(28)24(36-4)16(32-12)8-11-19(27)22(34-2)14(31-11)6-9(29-13)17(21)25/h5-8,29-30H,1-4H3. The Bertz CT molecular complexity index is 1640. The van der Waals surface area contributed by atoms with Gasteiger partial charge in [0.1, 0.15) is 31.5 Å². The fraction of sp³-hybridized carbons (Fsp3) is 0.167. The fourth-order valence-corrected chi connectivity index (χ4v) is 5.14. The molecule has 2 aliphatic rings. The van der Waals surface area contributed by atoms with Gasteiger partial charge in [-0.25, -0.2) is 9.97 Å². The van der Waals surface area contributed by atoms with Crippen molar-refractivity contribution in [3.63, 3.8) is 0 Å². The van der Waals surface area contributed by atoms with Crippen LogP contribution in [0.5, 0.6) is 11.5 Å². The number of H-pyrrole nitrogens is 2. The number of fused-ring (bicyclic) bond motifs is 8. The van der Waals surface area contributed by atoms with Crippen LogP contribution in [0.2, 0.25) is 10.0 Å². The molecule has 0 aliphatic carbocycles. The van der Waals surface area contributed by atoms with Crippen LogP contribution in [0.1, 0.15) is 22.8 Å². The lowest BCUT2D eigenvalue weighted by molar-refractivity contribution is 0.371. The highest BCUT2D eigenvalue weighted by molar-refractivity contribution is 6.53. The van der Waals surface area contributed by atoms with Crippen LogP contribution < -0.4 is 9.47 Å². The van der Waals surface area contributed by atoms with E-state index >= 15 is 0 Å². The first kappa shape index (κ1) is 24.6. The first-order valence-electron chi connectivity index (χ1n) is 10.4. The first-order chi connectivity index (χ1) is 17.3. The second kappa shape index (κ2) is 9.44. The number of aromatic nitrogens is 4. The molecule has 0 saturated carbocycles. The molecule has 5 rings (SSSR count). The molecule has 0 spiro atoms. The quantitative estimate of drug-likeness (QED) is 0.350. The molecule has 8 nitrogen and oxygen atoms in total. The van der Waals surface area contributed by atoms with E-state index in [0.717, 1.165) is 0 Å². The summed E-state index contributed by atoms with van der Waals surface area (Å²) < 4.78 is 22.2. The zero-order valence-electron chi connectivity index (χ0n) is 19.3. The minimum absolute atomic E-state index is 0.295. The summed E-state index contributed by atoms with van der Waals surface area (Å²) in [6.07, 6.45) is 0. The van der Waals surface area contributed by atoms with E-state index in [4.69, 9.17) is 65.4 Å². The second-order valence-corrected chi connectivity index (χ2v) is 9.15. The summed E-state index contributed by atoms with van der Waals surface area (Å²) in [7, 11) is 6.05. The van der Waals surface area contributed by atoms with E-state index in [1.54, 1.807) is 24.3 Å². The third kappa shape index (κ3) is 3.85. The molecular formula is C24H18Cl4N4O4. The molecule has 0 radical (unpaired) electrons. The van der Waals surface area contributed by atoms with Crippen molar-refractivity contribution in [2.24, 2.45) is 0 Å². The molecule has 2 aliphatic heterocycles. The lowest BCUT2D eigenvalue weighted by atomic mass is 10.2. The van der Waals surface area contributed by atoms with Crippen LogP contribution in [0.25, 0.3) is 43.6 Å². The number of aromatic amines is 2. The van der Waals surface area contributed by atoms with Crippen LogP contribution in [0.3, 0.4) is 0 Å². The number of halogens is 4. The summed E-state index contributed by atoms with van der Waals surface area (Å²) >= 11 is 26.5. The molecule has 8 bridgehead atoms. The Hall–Kier alpha value is -3.04. The summed E-state index contributed by atoms with van der Waals surface area (Å²) in [5.74, 6) is 1.56. The zero-order valence-corrected chi connectivity index (χ0v) is 22.4. The molecule has 0 aromatic carbocycles. The molecule has 3 aromatic rings. The molecule has 5 heterocycles. The molecule has 0 atom stereocenters. The molecule has 0 saturated heterocycles. The summed E-state index contributed by atoms with van der Waals surface area (Å²) in [5.41, 5.74) is 3.91. The second-order valence-electron chi connectivity index (χ2n) is 7.64. The van der Waals surface area contributed by atoms with Gasteiger partial charge < -0.3 is 28.9 Å². The van der Waals surface area contributed by atoms with E-state index < -0.39 is 0 Å². The molecule has 186 valence electrons. The Labute approximate surface area is 225 Å². The van der Waals surface area contributed by atoms with Crippen molar-refractivity contribution in [3.8, 4) is 11.5 Å². The van der Waals surface area contributed by atoms with E-state index in [0.29, 0.717) is 88.0 Å². The molecule has 36 heavy (non-hydrogen) atoms. The topological polar surface area (TPSA) is 94.3 Å². The van der Waals surface area contributed by atoms with Gasteiger partial charge in [0.2, 0.25) is 0 Å². The number of nitrogens with one attached hydrogen (secondary N) is 2. The van der Waals surface area contributed by atoms with Crippen molar-refractivity contribution in [1.82, 2.24) is 19.9 Å². The normalized spacial score (nSPS) is 13.3. The van der Waals surface area contributed by atoms with Crippen molar-refractivity contribution in [1.29, 1.82) is 0 Å². The van der Waals surface area contributed by atoms with Crippen LogP contribution in [0.15, 0.2) is 24.3 Å². The van der Waals surface area contributed by atoms with Crippen molar-refractivity contribution < 1.29 is 18.9 Å². The summed E-state index contributed by atoms with van der Waals surface area (Å²) in [5, 5.41) is 1.29. The SMILES string of the molecule is COC1=C(Cl)c2cc3[nH]c(cc4[nH]c(cc5nc(cc1n2)C(Cl)=C5OC)c(Cl)c4OC)c(Cl)c3OC. The molecular weight excluding hydrogens is 550 g/mol. The van der Waals surface area contributed by atoms with Gasteiger partial charge in [-0.05, 0) is 24.3 Å². The van der Waals surface area contributed by atoms with Crippen molar-refractivity contribution in [2.45, 2.75) is 0 Å². The maximum atomic E-state index is 6.65. The average molecular weight is 568 g/mol. The van der Waals surface area contributed by atoms with Gasteiger partial charge in [-0.1, -0.05) is 46.4 Å². The van der Waals surface area contributed by atoms with E-state index in [-0.39, 0.29) is 0 Å². The molecule has 12 heteroatoms. The minimum Gasteiger partial charge on any atom is -0.493 e. The van der Waals surface area contributed by atoms with Crippen LogP contribution >= 0.6 is 46.4 Å². The summed E-state index contributed by atoms with van der Waals surface area (Å²) in [6, 6.07) is 6.83. The number of hydrogen-bond acceptors (Lipinski definition) is 6. The van der Waals surface area contributed by atoms with Crippen LogP contribution in [0, 0.1) is 0 Å². The Morgan fingerprint density at radius 3 is 1.44 bits per heavy atom. The highest BCUT2D eigenvalue weighted by atomic mass is 35.5. The Morgan fingerprint density at radius 1 is 0.528 bits per heavy atom. The number of methoxy groups -OCH3 is 4. The molecule has 3 aromatic heterocycles. The number of ether oxygens (including phenoxy) is 4. The third-order valence-corrected chi connectivity index (χ3v) is 7.12. The van der Waals surface area contributed by atoms with Gasteiger partial charge in [-0.2, -0.15) is 0 Å². The highest BCUT2D eigenvalue weighted by Gasteiger charge is 2.25. The van der Waals surface area contributed by atoms with Crippen LogP contribution in [-0.4, -0.2) is 48.4 Å². The van der Waals surface area contributed by atoms with Crippen molar-refractivity contribution >= 4 is 90.1 Å². The fourth-order valence-electron chi connectivity index (χ4n) is 4.04. The smallest absolute Gasteiger partial charge is 0.165 e. The van der Waals surface area contributed by atoms with E-state index in [2.05, 4.69) is 19.9 Å². The average Bonchev–Trinajstić information content (AvgIpc) is 3.51. The Morgan fingerprint density at radius 2 is 0.944 bits per heavy atom. The zero-order chi connectivity index (χ0) is 25.7.